The number of hydrogen-bond donors (Lipinski definition) is 2. The van der Waals surface area contributed by atoms with Gasteiger partial charge in [-0.05, 0) is 56.5 Å². The number of urea groups is 1. The second-order valence-electron chi connectivity index (χ2n) is 6.96. The van der Waals surface area contributed by atoms with Crippen LogP contribution in [0.3, 0.4) is 0 Å². The highest BCUT2D eigenvalue weighted by atomic mass is 35.5. The number of hydrogen-bond acceptors (Lipinski definition) is 3. The number of aryl methyl sites for hydroxylation is 1. The van der Waals surface area contributed by atoms with Gasteiger partial charge in [-0.15, -0.1) is 0 Å². The maximum absolute atomic E-state index is 12.2. The van der Waals surface area contributed by atoms with E-state index in [9.17, 15) is 4.79 Å². The molecule has 0 bridgehead atoms. The molecule has 1 aromatic heterocycles. The number of carbonyl (C=O) groups is 1. The van der Waals surface area contributed by atoms with Crippen LogP contribution in [0, 0.1) is 6.92 Å². The highest BCUT2D eigenvalue weighted by Crippen LogP contribution is 2.17. The normalized spacial score (nSPS) is 17.0. The smallest absolute Gasteiger partial charge is 0.315 e. The van der Waals surface area contributed by atoms with Gasteiger partial charge in [0.15, 0.2) is 0 Å². The van der Waals surface area contributed by atoms with E-state index in [0.29, 0.717) is 0 Å². The molecule has 140 valence electrons. The van der Waals surface area contributed by atoms with Gasteiger partial charge in [0.25, 0.3) is 0 Å². The van der Waals surface area contributed by atoms with Crippen molar-refractivity contribution >= 4 is 17.6 Å². The molecule has 1 aromatic carbocycles. The molecule has 3 rings (SSSR count). The second-order valence-corrected chi connectivity index (χ2v) is 7.40. The van der Waals surface area contributed by atoms with Crippen LogP contribution < -0.4 is 10.6 Å². The largest absolute Gasteiger partial charge is 0.464 e. The fourth-order valence-corrected chi connectivity index (χ4v) is 3.39. The summed E-state index contributed by atoms with van der Waals surface area (Å²) in [7, 11) is 0. The molecule has 2 aromatic rings. The maximum Gasteiger partial charge on any atom is 0.315 e. The Kier molecular flexibility index (Phi) is 6.22. The third-order valence-corrected chi connectivity index (χ3v) is 5.03. The molecule has 0 saturated carbocycles. The molecule has 0 radical (unpaired) electrons. The van der Waals surface area contributed by atoms with Crippen molar-refractivity contribution < 1.29 is 9.21 Å². The third-order valence-electron chi connectivity index (χ3n) is 4.78. The Bertz CT molecular complexity index is 721. The van der Waals surface area contributed by atoms with Crippen LogP contribution in [0.4, 0.5) is 4.79 Å². The molecule has 1 aliphatic heterocycles. The van der Waals surface area contributed by atoms with Gasteiger partial charge in [0.1, 0.15) is 11.5 Å². The van der Waals surface area contributed by atoms with E-state index in [4.69, 9.17) is 16.0 Å². The van der Waals surface area contributed by atoms with Crippen molar-refractivity contribution in [2.45, 2.75) is 45.3 Å². The molecule has 1 saturated heterocycles. The number of carbonyl (C=O) groups excluding carboxylic acids is 1. The third kappa shape index (κ3) is 5.26. The van der Waals surface area contributed by atoms with Gasteiger partial charge in [-0.3, -0.25) is 4.90 Å². The summed E-state index contributed by atoms with van der Waals surface area (Å²) < 4.78 is 5.56. The molecule has 0 spiro atoms. The summed E-state index contributed by atoms with van der Waals surface area (Å²) in [4.78, 5) is 14.6. The predicted molar refractivity (Wildman–Crippen MR) is 103 cm³/mol. The number of piperidine rings is 1. The second kappa shape index (κ2) is 8.60. The minimum absolute atomic E-state index is 0.136. The fraction of sp³-hybridized carbons (Fsp3) is 0.450. The van der Waals surface area contributed by atoms with Gasteiger partial charge in [-0.1, -0.05) is 23.7 Å². The van der Waals surface area contributed by atoms with Crippen molar-refractivity contribution in [2.24, 2.45) is 0 Å². The SMILES string of the molecule is Cc1ccc(C(C)NC(=O)NC2CCN(Cc3ccc(Cl)cc3)CC2)o1. The summed E-state index contributed by atoms with van der Waals surface area (Å²) in [6.07, 6.45) is 1.91. The van der Waals surface area contributed by atoms with E-state index in [0.717, 1.165) is 49.0 Å². The lowest BCUT2D eigenvalue weighted by Crippen LogP contribution is -2.48. The monoisotopic (exact) mass is 375 g/mol. The van der Waals surface area contributed by atoms with E-state index in [-0.39, 0.29) is 18.1 Å². The van der Waals surface area contributed by atoms with Crippen LogP contribution in [0.25, 0.3) is 0 Å². The summed E-state index contributed by atoms with van der Waals surface area (Å²) in [5, 5.41) is 6.79. The molecule has 2 heterocycles. The van der Waals surface area contributed by atoms with Crippen LogP contribution in [0.15, 0.2) is 40.8 Å². The van der Waals surface area contributed by atoms with Gasteiger partial charge in [-0.25, -0.2) is 4.79 Å². The van der Waals surface area contributed by atoms with Crippen LogP contribution in [0.2, 0.25) is 5.02 Å². The van der Waals surface area contributed by atoms with Crippen molar-refractivity contribution in [3.63, 3.8) is 0 Å². The molecule has 1 fully saturated rings. The Hall–Kier alpha value is -1.98. The first-order valence-electron chi connectivity index (χ1n) is 9.10. The Morgan fingerprint density at radius 1 is 1.23 bits per heavy atom. The molecular weight excluding hydrogens is 350 g/mol. The zero-order valence-corrected chi connectivity index (χ0v) is 16.1. The van der Waals surface area contributed by atoms with Gasteiger partial charge in [0.05, 0.1) is 6.04 Å². The minimum atomic E-state index is -0.145. The zero-order chi connectivity index (χ0) is 18.5. The van der Waals surface area contributed by atoms with E-state index in [1.807, 2.05) is 38.1 Å². The van der Waals surface area contributed by atoms with Crippen molar-refractivity contribution in [1.82, 2.24) is 15.5 Å². The van der Waals surface area contributed by atoms with E-state index in [2.05, 4.69) is 27.7 Å². The quantitative estimate of drug-likeness (QED) is 0.820. The molecule has 5 nitrogen and oxygen atoms in total. The van der Waals surface area contributed by atoms with E-state index in [1.165, 1.54) is 5.56 Å². The molecule has 6 heteroatoms. The van der Waals surface area contributed by atoms with Gasteiger partial charge in [-0.2, -0.15) is 0 Å². The lowest BCUT2D eigenvalue weighted by atomic mass is 10.0. The summed E-state index contributed by atoms with van der Waals surface area (Å²) in [6.45, 7) is 6.69. The number of likely N-dealkylation sites (tertiary alicyclic amines) is 1. The Morgan fingerprint density at radius 2 is 1.92 bits per heavy atom. The number of halogens is 1. The highest BCUT2D eigenvalue weighted by molar-refractivity contribution is 6.30. The van der Waals surface area contributed by atoms with Crippen molar-refractivity contribution in [3.05, 3.63) is 58.5 Å². The Morgan fingerprint density at radius 3 is 2.54 bits per heavy atom. The summed E-state index contributed by atoms with van der Waals surface area (Å²) in [5.74, 6) is 1.62. The Balaban J connectivity index is 1.40. The van der Waals surface area contributed by atoms with Gasteiger partial charge >= 0.3 is 6.03 Å². The van der Waals surface area contributed by atoms with E-state index < -0.39 is 0 Å². The summed E-state index contributed by atoms with van der Waals surface area (Å²) in [6, 6.07) is 11.7. The van der Waals surface area contributed by atoms with Crippen molar-refractivity contribution in [2.75, 3.05) is 13.1 Å². The molecule has 2 N–H and O–H groups in total. The predicted octanol–water partition coefficient (Wildman–Crippen LogP) is 4.27. The first-order valence-corrected chi connectivity index (χ1v) is 9.47. The molecule has 1 aliphatic rings. The van der Waals surface area contributed by atoms with Crippen molar-refractivity contribution in [1.29, 1.82) is 0 Å². The van der Waals surface area contributed by atoms with Crippen molar-refractivity contribution in [3.8, 4) is 0 Å². The van der Waals surface area contributed by atoms with Gasteiger partial charge < -0.3 is 15.1 Å². The fourth-order valence-electron chi connectivity index (χ4n) is 3.26. The standard InChI is InChI=1S/C20H26ClN3O2/c1-14-3-8-19(26-14)15(2)22-20(25)23-18-9-11-24(12-10-18)13-16-4-6-17(21)7-5-16/h3-8,15,18H,9-13H2,1-2H3,(H2,22,23,25). The van der Waals surface area contributed by atoms with Crippen LogP contribution in [0.1, 0.15) is 42.9 Å². The number of amides is 2. The first-order chi connectivity index (χ1) is 12.5. The number of rotatable bonds is 5. The summed E-state index contributed by atoms with van der Waals surface area (Å²) in [5.41, 5.74) is 1.26. The van der Waals surface area contributed by atoms with Gasteiger partial charge in [0, 0.05) is 30.7 Å². The molecule has 2 amide bonds. The van der Waals surface area contributed by atoms with E-state index in [1.54, 1.807) is 0 Å². The molecule has 26 heavy (non-hydrogen) atoms. The average molecular weight is 376 g/mol. The van der Waals surface area contributed by atoms with E-state index >= 15 is 0 Å². The lowest BCUT2D eigenvalue weighted by molar-refractivity contribution is 0.185. The topological polar surface area (TPSA) is 57.5 Å². The molecule has 0 aliphatic carbocycles. The zero-order valence-electron chi connectivity index (χ0n) is 15.3. The first kappa shape index (κ1) is 18.8. The number of furan rings is 1. The van der Waals surface area contributed by atoms with Crippen LogP contribution >= 0.6 is 11.6 Å². The summed E-state index contributed by atoms with van der Waals surface area (Å²) >= 11 is 5.93. The minimum Gasteiger partial charge on any atom is -0.464 e. The highest BCUT2D eigenvalue weighted by Gasteiger charge is 2.21. The molecule has 1 atom stereocenters. The molecular formula is C20H26ClN3O2. The maximum atomic E-state index is 12.2. The average Bonchev–Trinajstić information content (AvgIpc) is 3.05. The van der Waals surface area contributed by atoms with Crippen LogP contribution in [-0.4, -0.2) is 30.1 Å². The Labute approximate surface area is 159 Å². The lowest BCUT2D eigenvalue weighted by Gasteiger charge is -2.32. The number of nitrogens with zero attached hydrogens (tertiary/aromatic N) is 1. The number of nitrogens with one attached hydrogen (secondary N) is 2. The van der Waals surface area contributed by atoms with Gasteiger partial charge in [0.2, 0.25) is 0 Å². The van der Waals surface area contributed by atoms with Crippen LogP contribution in [0.5, 0.6) is 0 Å². The molecule has 1 unspecified atom stereocenters. The number of benzene rings is 1. The van der Waals surface area contributed by atoms with Crippen LogP contribution in [-0.2, 0) is 6.54 Å².